The first-order valence-corrected chi connectivity index (χ1v) is 6.10. The molecule has 2 amide bonds. The Kier molecular flexibility index (Phi) is 4.74. The molecule has 6 heteroatoms. The van der Waals surface area contributed by atoms with Gasteiger partial charge in [-0.3, -0.25) is 9.59 Å². The Labute approximate surface area is 109 Å². The standard InChI is InChI=1S/C11H16BrN3O2/c1-4-15-6-8(12)5-9(15)11(17)14(3)7-10(16)13-2/h5-6H,4,7H2,1-3H3,(H,13,16). The van der Waals surface area contributed by atoms with Crippen LogP contribution in [0.25, 0.3) is 0 Å². The number of rotatable bonds is 4. The zero-order valence-corrected chi connectivity index (χ0v) is 11.7. The Hall–Kier alpha value is -1.30. The van der Waals surface area contributed by atoms with Gasteiger partial charge in [0.1, 0.15) is 5.69 Å². The van der Waals surface area contributed by atoms with Crippen molar-refractivity contribution in [2.45, 2.75) is 13.5 Å². The normalized spacial score (nSPS) is 10.1. The smallest absolute Gasteiger partial charge is 0.270 e. The van der Waals surface area contributed by atoms with E-state index in [4.69, 9.17) is 0 Å². The third-order valence-electron chi connectivity index (χ3n) is 2.43. The van der Waals surface area contributed by atoms with Crippen LogP contribution < -0.4 is 5.32 Å². The molecule has 0 aliphatic carbocycles. The van der Waals surface area contributed by atoms with Gasteiger partial charge in [0.15, 0.2) is 0 Å². The minimum atomic E-state index is -0.186. The lowest BCUT2D eigenvalue weighted by Gasteiger charge is -2.16. The summed E-state index contributed by atoms with van der Waals surface area (Å²) in [6.45, 7) is 2.73. The lowest BCUT2D eigenvalue weighted by atomic mass is 10.3. The number of carbonyl (C=O) groups excluding carboxylic acids is 2. The highest BCUT2D eigenvalue weighted by molar-refractivity contribution is 9.10. The van der Waals surface area contributed by atoms with Gasteiger partial charge in [0, 0.05) is 31.3 Å². The molecule has 94 valence electrons. The minimum absolute atomic E-state index is 0.0574. The van der Waals surface area contributed by atoms with Crippen LogP contribution in [-0.2, 0) is 11.3 Å². The lowest BCUT2D eigenvalue weighted by molar-refractivity contribution is -0.121. The van der Waals surface area contributed by atoms with Crippen LogP contribution in [0, 0.1) is 0 Å². The maximum absolute atomic E-state index is 12.1. The van der Waals surface area contributed by atoms with Crippen molar-refractivity contribution < 1.29 is 9.59 Å². The Balaban J connectivity index is 2.84. The van der Waals surface area contributed by atoms with E-state index in [1.807, 2.05) is 17.7 Å². The van der Waals surface area contributed by atoms with E-state index in [1.54, 1.807) is 20.2 Å². The molecule has 0 fully saturated rings. The zero-order chi connectivity index (χ0) is 13.0. The van der Waals surface area contributed by atoms with E-state index in [1.165, 1.54) is 4.90 Å². The van der Waals surface area contributed by atoms with Crippen LogP contribution in [0.3, 0.4) is 0 Å². The van der Waals surface area contributed by atoms with E-state index in [0.717, 1.165) is 4.47 Å². The fourth-order valence-electron chi connectivity index (χ4n) is 1.48. The largest absolute Gasteiger partial charge is 0.358 e. The Bertz CT molecular complexity index is 428. The lowest BCUT2D eigenvalue weighted by Crippen LogP contribution is -2.37. The predicted molar refractivity (Wildman–Crippen MR) is 68.8 cm³/mol. The fraction of sp³-hybridized carbons (Fsp3) is 0.455. The van der Waals surface area contributed by atoms with Crippen molar-refractivity contribution in [3.63, 3.8) is 0 Å². The maximum atomic E-state index is 12.1. The summed E-state index contributed by atoms with van der Waals surface area (Å²) in [5.74, 6) is -0.351. The molecule has 1 heterocycles. The van der Waals surface area contributed by atoms with Crippen LogP contribution in [0.2, 0.25) is 0 Å². The first kappa shape index (κ1) is 13.8. The summed E-state index contributed by atoms with van der Waals surface area (Å²) in [6.07, 6.45) is 1.85. The molecular formula is C11H16BrN3O2. The Morgan fingerprint density at radius 1 is 1.53 bits per heavy atom. The average molecular weight is 302 g/mol. The monoisotopic (exact) mass is 301 g/mol. The van der Waals surface area contributed by atoms with Gasteiger partial charge in [0.05, 0.1) is 6.54 Å². The molecule has 0 saturated carbocycles. The number of halogens is 1. The highest BCUT2D eigenvalue weighted by Crippen LogP contribution is 2.16. The van der Waals surface area contributed by atoms with Crippen molar-refractivity contribution in [1.29, 1.82) is 0 Å². The van der Waals surface area contributed by atoms with E-state index in [-0.39, 0.29) is 18.4 Å². The van der Waals surface area contributed by atoms with Gasteiger partial charge < -0.3 is 14.8 Å². The van der Waals surface area contributed by atoms with Crippen LogP contribution in [0.4, 0.5) is 0 Å². The molecule has 1 N–H and O–H groups in total. The van der Waals surface area contributed by atoms with E-state index in [2.05, 4.69) is 21.2 Å². The minimum Gasteiger partial charge on any atom is -0.358 e. The van der Waals surface area contributed by atoms with Crippen LogP contribution in [0.15, 0.2) is 16.7 Å². The molecule has 17 heavy (non-hydrogen) atoms. The fourth-order valence-corrected chi connectivity index (χ4v) is 1.94. The summed E-state index contributed by atoms with van der Waals surface area (Å²) >= 11 is 3.33. The van der Waals surface area contributed by atoms with Gasteiger partial charge in [0.2, 0.25) is 5.91 Å². The molecule has 1 aromatic heterocycles. The van der Waals surface area contributed by atoms with Crippen LogP contribution in [-0.4, -0.2) is 41.9 Å². The van der Waals surface area contributed by atoms with Gasteiger partial charge in [-0.15, -0.1) is 0 Å². The van der Waals surface area contributed by atoms with E-state index in [9.17, 15) is 9.59 Å². The molecule has 0 spiro atoms. The van der Waals surface area contributed by atoms with Gasteiger partial charge in [0.25, 0.3) is 5.91 Å². The summed E-state index contributed by atoms with van der Waals surface area (Å²) < 4.78 is 2.70. The van der Waals surface area contributed by atoms with Gasteiger partial charge in [-0.05, 0) is 28.9 Å². The van der Waals surface area contributed by atoms with Gasteiger partial charge in [-0.25, -0.2) is 0 Å². The van der Waals surface area contributed by atoms with Crippen molar-refractivity contribution in [1.82, 2.24) is 14.8 Å². The Morgan fingerprint density at radius 3 is 2.71 bits per heavy atom. The average Bonchev–Trinajstić information content (AvgIpc) is 2.69. The summed E-state index contributed by atoms with van der Waals surface area (Å²) in [6, 6.07) is 1.76. The number of carbonyl (C=O) groups is 2. The van der Waals surface area contributed by atoms with E-state index >= 15 is 0 Å². The highest BCUT2D eigenvalue weighted by atomic mass is 79.9. The first-order valence-electron chi connectivity index (χ1n) is 5.31. The van der Waals surface area contributed by atoms with Crippen molar-refractivity contribution in [2.24, 2.45) is 0 Å². The Morgan fingerprint density at radius 2 is 2.18 bits per heavy atom. The van der Waals surface area contributed by atoms with Gasteiger partial charge in [-0.2, -0.15) is 0 Å². The topological polar surface area (TPSA) is 54.3 Å². The number of aryl methyl sites for hydroxylation is 1. The maximum Gasteiger partial charge on any atom is 0.270 e. The van der Waals surface area contributed by atoms with Crippen LogP contribution >= 0.6 is 15.9 Å². The van der Waals surface area contributed by atoms with Crippen molar-refractivity contribution in [2.75, 3.05) is 20.6 Å². The molecule has 0 bridgehead atoms. The molecule has 5 nitrogen and oxygen atoms in total. The van der Waals surface area contributed by atoms with Crippen molar-refractivity contribution >= 4 is 27.7 Å². The third-order valence-corrected chi connectivity index (χ3v) is 2.86. The third kappa shape index (κ3) is 3.33. The second-order valence-electron chi connectivity index (χ2n) is 3.66. The molecule has 1 rings (SSSR count). The molecule has 0 aliphatic rings. The van der Waals surface area contributed by atoms with Gasteiger partial charge >= 0.3 is 0 Å². The number of likely N-dealkylation sites (N-methyl/N-ethyl adjacent to an activating group) is 2. The molecule has 0 unspecified atom stereocenters. The summed E-state index contributed by atoms with van der Waals surface area (Å²) in [7, 11) is 3.16. The second-order valence-corrected chi connectivity index (χ2v) is 4.58. The summed E-state index contributed by atoms with van der Waals surface area (Å²) in [5, 5.41) is 2.49. The highest BCUT2D eigenvalue weighted by Gasteiger charge is 2.18. The molecule has 0 aliphatic heterocycles. The zero-order valence-electron chi connectivity index (χ0n) is 10.2. The van der Waals surface area contributed by atoms with E-state index in [0.29, 0.717) is 12.2 Å². The quantitative estimate of drug-likeness (QED) is 0.905. The molecule has 0 saturated heterocycles. The number of amides is 2. The van der Waals surface area contributed by atoms with Crippen LogP contribution in [0.1, 0.15) is 17.4 Å². The molecule has 1 aromatic rings. The molecule has 0 atom stereocenters. The molecule has 0 aromatic carbocycles. The summed E-state index contributed by atoms with van der Waals surface area (Å²) in [5.41, 5.74) is 0.575. The molecule has 0 radical (unpaired) electrons. The first-order chi connectivity index (χ1) is 7.99. The number of hydrogen-bond donors (Lipinski definition) is 1. The second kappa shape index (κ2) is 5.86. The number of nitrogens with zero attached hydrogens (tertiary/aromatic N) is 2. The number of aromatic nitrogens is 1. The number of nitrogens with one attached hydrogen (secondary N) is 1. The predicted octanol–water partition coefficient (Wildman–Crippen LogP) is 1.09. The van der Waals surface area contributed by atoms with Gasteiger partial charge in [-0.1, -0.05) is 0 Å². The van der Waals surface area contributed by atoms with Crippen molar-refractivity contribution in [3.8, 4) is 0 Å². The van der Waals surface area contributed by atoms with Crippen LogP contribution in [0.5, 0.6) is 0 Å². The molecular weight excluding hydrogens is 286 g/mol. The summed E-state index contributed by atoms with van der Waals surface area (Å²) in [4.78, 5) is 24.7. The van der Waals surface area contributed by atoms with E-state index < -0.39 is 0 Å². The number of hydrogen-bond acceptors (Lipinski definition) is 2. The SMILES string of the molecule is CCn1cc(Br)cc1C(=O)N(C)CC(=O)NC. The van der Waals surface area contributed by atoms with Crippen molar-refractivity contribution in [3.05, 3.63) is 22.4 Å².